The quantitative estimate of drug-likeness (QED) is 0.575. The van der Waals surface area contributed by atoms with Crippen molar-refractivity contribution in [2.45, 2.75) is 58.5 Å². The lowest BCUT2D eigenvalue weighted by Gasteiger charge is -2.22. The highest BCUT2D eigenvalue weighted by atomic mass is 16.5. The Hall–Kier alpha value is -0.120. The molecule has 0 aromatic carbocycles. The lowest BCUT2D eigenvalue weighted by molar-refractivity contribution is 0.109. The van der Waals surface area contributed by atoms with Crippen molar-refractivity contribution in [1.29, 1.82) is 0 Å². The molecule has 1 atom stereocenters. The largest absolute Gasteiger partial charge is 0.377 e. The second-order valence-corrected chi connectivity index (χ2v) is 5.39. The van der Waals surface area contributed by atoms with Crippen LogP contribution in [0.5, 0.6) is 0 Å². The summed E-state index contributed by atoms with van der Waals surface area (Å²) < 4.78 is 5.61. The van der Waals surface area contributed by atoms with Gasteiger partial charge in [0.05, 0.1) is 6.10 Å². The summed E-state index contributed by atoms with van der Waals surface area (Å²) in [7, 11) is 0. The summed E-state index contributed by atoms with van der Waals surface area (Å²) in [4.78, 5) is 2.61. The van der Waals surface area contributed by atoms with E-state index in [0.717, 1.165) is 19.7 Å². The van der Waals surface area contributed by atoms with E-state index in [0.29, 0.717) is 6.10 Å². The second kappa shape index (κ2) is 10.8. The third-order valence-corrected chi connectivity index (χ3v) is 3.66. The van der Waals surface area contributed by atoms with Gasteiger partial charge in [0.2, 0.25) is 0 Å². The van der Waals surface area contributed by atoms with E-state index in [1.807, 2.05) is 0 Å². The number of nitrogens with zero attached hydrogens (tertiary/aromatic N) is 1. The van der Waals surface area contributed by atoms with Crippen LogP contribution in [0.1, 0.15) is 52.4 Å². The molecule has 108 valence electrons. The van der Waals surface area contributed by atoms with Gasteiger partial charge in [0, 0.05) is 26.2 Å². The van der Waals surface area contributed by atoms with E-state index in [4.69, 9.17) is 4.74 Å². The zero-order chi connectivity index (χ0) is 13.1. The molecule has 1 N–H and O–H groups in total. The number of ether oxygens (including phenoxy) is 1. The summed E-state index contributed by atoms with van der Waals surface area (Å²) in [6.45, 7) is 11.4. The summed E-state index contributed by atoms with van der Waals surface area (Å²) in [6.07, 6.45) is 8.21. The van der Waals surface area contributed by atoms with Crippen molar-refractivity contribution in [3.63, 3.8) is 0 Å². The molecule has 1 heterocycles. The minimum Gasteiger partial charge on any atom is -0.377 e. The number of rotatable bonds is 11. The molecule has 3 heteroatoms. The van der Waals surface area contributed by atoms with Gasteiger partial charge in [-0.2, -0.15) is 0 Å². The fourth-order valence-electron chi connectivity index (χ4n) is 2.40. The molecule has 1 aliphatic rings. The Bertz CT molecular complexity index is 173. The highest BCUT2D eigenvalue weighted by molar-refractivity contribution is 4.68. The van der Waals surface area contributed by atoms with Crippen LogP contribution in [0.4, 0.5) is 0 Å². The third-order valence-electron chi connectivity index (χ3n) is 3.66. The molecule has 0 amide bonds. The molecule has 0 aromatic heterocycles. The molecule has 0 aliphatic carbocycles. The predicted molar refractivity (Wildman–Crippen MR) is 78.1 cm³/mol. The third kappa shape index (κ3) is 7.34. The Kier molecular flexibility index (Phi) is 9.54. The maximum atomic E-state index is 5.61. The summed E-state index contributed by atoms with van der Waals surface area (Å²) in [5.41, 5.74) is 0. The van der Waals surface area contributed by atoms with Crippen molar-refractivity contribution < 1.29 is 4.74 Å². The van der Waals surface area contributed by atoms with Crippen molar-refractivity contribution in [3.05, 3.63) is 0 Å². The van der Waals surface area contributed by atoms with Crippen LogP contribution in [-0.2, 0) is 4.74 Å². The maximum Gasteiger partial charge on any atom is 0.0700 e. The first kappa shape index (κ1) is 15.9. The van der Waals surface area contributed by atoms with E-state index >= 15 is 0 Å². The van der Waals surface area contributed by atoms with E-state index in [9.17, 15) is 0 Å². The van der Waals surface area contributed by atoms with Crippen LogP contribution in [0.25, 0.3) is 0 Å². The van der Waals surface area contributed by atoms with E-state index in [-0.39, 0.29) is 0 Å². The van der Waals surface area contributed by atoms with Crippen LogP contribution in [-0.4, -0.2) is 50.3 Å². The maximum absolute atomic E-state index is 5.61. The minimum absolute atomic E-state index is 0.477. The average Bonchev–Trinajstić information content (AvgIpc) is 2.90. The molecular formula is C15H32N2O. The highest BCUT2D eigenvalue weighted by Crippen LogP contribution is 2.10. The van der Waals surface area contributed by atoms with Crippen molar-refractivity contribution in [3.8, 4) is 0 Å². The molecule has 0 radical (unpaired) electrons. The predicted octanol–water partition coefficient (Wildman–Crippen LogP) is 2.66. The summed E-state index contributed by atoms with van der Waals surface area (Å²) in [5.74, 6) is 0. The van der Waals surface area contributed by atoms with Crippen LogP contribution in [0, 0.1) is 0 Å². The van der Waals surface area contributed by atoms with Crippen LogP contribution in [0.2, 0.25) is 0 Å². The lowest BCUT2D eigenvalue weighted by atomic mass is 10.2. The molecule has 1 saturated heterocycles. The van der Waals surface area contributed by atoms with Gasteiger partial charge in [-0.15, -0.1) is 0 Å². The zero-order valence-corrected chi connectivity index (χ0v) is 12.4. The fourth-order valence-corrected chi connectivity index (χ4v) is 2.40. The van der Waals surface area contributed by atoms with Gasteiger partial charge in [-0.05, 0) is 38.8 Å². The van der Waals surface area contributed by atoms with Crippen LogP contribution in [0.3, 0.4) is 0 Å². The van der Waals surface area contributed by atoms with Gasteiger partial charge in [-0.25, -0.2) is 0 Å². The van der Waals surface area contributed by atoms with Crippen LogP contribution < -0.4 is 5.32 Å². The van der Waals surface area contributed by atoms with Gasteiger partial charge in [0.25, 0.3) is 0 Å². The number of unbranched alkanes of at least 4 members (excludes halogenated alkanes) is 2. The first-order valence-electron chi connectivity index (χ1n) is 7.91. The Morgan fingerprint density at radius 2 is 1.83 bits per heavy atom. The monoisotopic (exact) mass is 256 g/mol. The molecule has 0 spiro atoms. The average molecular weight is 256 g/mol. The van der Waals surface area contributed by atoms with Gasteiger partial charge >= 0.3 is 0 Å². The smallest absolute Gasteiger partial charge is 0.0700 e. The van der Waals surface area contributed by atoms with Gasteiger partial charge in [0.15, 0.2) is 0 Å². The first-order chi connectivity index (χ1) is 8.86. The summed E-state index contributed by atoms with van der Waals surface area (Å²) in [6, 6.07) is 0. The molecule has 1 aliphatic heterocycles. The number of nitrogens with one attached hydrogen (secondary N) is 1. The van der Waals surface area contributed by atoms with E-state index in [1.165, 1.54) is 58.2 Å². The molecular weight excluding hydrogens is 224 g/mol. The van der Waals surface area contributed by atoms with Crippen molar-refractivity contribution >= 4 is 0 Å². The summed E-state index contributed by atoms with van der Waals surface area (Å²) >= 11 is 0. The fraction of sp³-hybridized carbons (Fsp3) is 1.00. The zero-order valence-electron chi connectivity index (χ0n) is 12.4. The van der Waals surface area contributed by atoms with Gasteiger partial charge in [0.1, 0.15) is 0 Å². The second-order valence-electron chi connectivity index (χ2n) is 5.39. The molecule has 1 unspecified atom stereocenters. The van der Waals surface area contributed by atoms with Gasteiger partial charge in [-0.3, -0.25) is 0 Å². The summed E-state index contributed by atoms with van der Waals surface area (Å²) in [5, 5.41) is 3.54. The molecule has 1 fully saturated rings. The first-order valence-corrected chi connectivity index (χ1v) is 7.91. The van der Waals surface area contributed by atoms with Gasteiger partial charge in [-0.1, -0.05) is 26.7 Å². The Labute approximate surface area is 113 Å². The topological polar surface area (TPSA) is 24.5 Å². The van der Waals surface area contributed by atoms with Crippen molar-refractivity contribution in [2.75, 3.05) is 39.3 Å². The standard InChI is InChI=1S/C15H32N2O/c1-3-5-10-17(11-6-4-2)12-9-16-14-15-8-7-13-18-15/h15-16H,3-14H2,1-2H3. The molecule has 0 saturated carbocycles. The van der Waals surface area contributed by atoms with E-state index < -0.39 is 0 Å². The SMILES string of the molecule is CCCCN(CCCC)CCNCC1CCCO1. The van der Waals surface area contributed by atoms with Crippen molar-refractivity contribution in [2.24, 2.45) is 0 Å². The van der Waals surface area contributed by atoms with Crippen LogP contribution >= 0.6 is 0 Å². The molecule has 1 rings (SSSR count). The molecule has 3 nitrogen and oxygen atoms in total. The highest BCUT2D eigenvalue weighted by Gasteiger charge is 2.14. The Morgan fingerprint density at radius 1 is 1.11 bits per heavy atom. The molecule has 0 bridgehead atoms. The normalized spacial score (nSPS) is 19.8. The number of hydrogen-bond acceptors (Lipinski definition) is 3. The minimum atomic E-state index is 0.477. The van der Waals surface area contributed by atoms with Crippen LogP contribution in [0.15, 0.2) is 0 Å². The molecule has 0 aromatic rings. The number of hydrogen-bond donors (Lipinski definition) is 1. The van der Waals surface area contributed by atoms with E-state index in [2.05, 4.69) is 24.1 Å². The Morgan fingerprint density at radius 3 is 2.39 bits per heavy atom. The van der Waals surface area contributed by atoms with Gasteiger partial charge < -0.3 is 15.0 Å². The van der Waals surface area contributed by atoms with Crippen molar-refractivity contribution in [1.82, 2.24) is 10.2 Å². The molecule has 18 heavy (non-hydrogen) atoms. The lowest BCUT2D eigenvalue weighted by Crippen LogP contribution is -2.36. The Balaban J connectivity index is 2.03. The van der Waals surface area contributed by atoms with E-state index in [1.54, 1.807) is 0 Å².